The molecule has 0 atom stereocenters. The van der Waals surface area contributed by atoms with Crippen LogP contribution in [0.2, 0.25) is 0 Å². The summed E-state index contributed by atoms with van der Waals surface area (Å²) in [5, 5.41) is 13.3. The van der Waals surface area contributed by atoms with Crippen LogP contribution in [-0.4, -0.2) is 16.6 Å². The van der Waals surface area contributed by atoms with Gasteiger partial charge in [-0.15, -0.1) is 0 Å². The summed E-state index contributed by atoms with van der Waals surface area (Å²) in [6.45, 7) is 3.83. The van der Waals surface area contributed by atoms with Crippen LogP contribution in [0.3, 0.4) is 0 Å². The number of carbonyl (C=O) groups excluding carboxylic acids is 2. The molecular weight excluding hydrogens is 296 g/mol. The Kier molecular flexibility index (Phi) is 4.85. The minimum atomic E-state index is -0.541. The Balaban J connectivity index is 2.01. The molecule has 0 bridgehead atoms. The fourth-order valence-corrected chi connectivity index (χ4v) is 2.17. The van der Waals surface area contributed by atoms with Crippen LogP contribution in [0.25, 0.3) is 0 Å². The van der Waals surface area contributed by atoms with Gasteiger partial charge >= 0.3 is 0 Å². The van der Waals surface area contributed by atoms with Gasteiger partial charge in [-0.25, -0.2) is 0 Å². The molecule has 118 valence electrons. The molecule has 0 unspecified atom stereocenters. The van der Waals surface area contributed by atoms with Gasteiger partial charge in [-0.3, -0.25) is 19.7 Å². The Morgan fingerprint density at radius 3 is 2.30 bits per heavy atom. The number of nitrogens with one attached hydrogen (secondary N) is 1. The molecule has 0 saturated heterocycles. The summed E-state index contributed by atoms with van der Waals surface area (Å²) in [6, 6.07) is 10.8. The summed E-state index contributed by atoms with van der Waals surface area (Å²) < 4.78 is 0. The summed E-state index contributed by atoms with van der Waals surface area (Å²) in [6.07, 6.45) is -0.314. The number of hydrogen-bond acceptors (Lipinski definition) is 4. The third-order valence-corrected chi connectivity index (χ3v) is 3.38. The van der Waals surface area contributed by atoms with E-state index in [1.165, 1.54) is 24.3 Å². The van der Waals surface area contributed by atoms with Crippen molar-refractivity contribution in [1.82, 2.24) is 0 Å². The number of carbonyl (C=O) groups is 2. The molecule has 2 aromatic carbocycles. The number of benzene rings is 2. The first-order valence-electron chi connectivity index (χ1n) is 7.01. The zero-order chi connectivity index (χ0) is 17.0. The van der Waals surface area contributed by atoms with Crippen LogP contribution in [0.5, 0.6) is 0 Å². The van der Waals surface area contributed by atoms with Crippen LogP contribution in [0.4, 0.5) is 11.4 Å². The van der Waals surface area contributed by atoms with E-state index in [0.717, 1.165) is 11.1 Å². The molecule has 6 heteroatoms. The van der Waals surface area contributed by atoms with Crippen LogP contribution < -0.4 is 5.32 Å². The highest BCUT2D eigenvalue weighted by atomic mass is 16.6. The molecule has 0 spiro atoms. The van der Waals surface area contributed by atoms with Gasteiger partial charge in [0.05, 0.1) is 11.3 Å². The number of hydrogen-bond donors (Lipinski definition) is 1. The van der Waals surface area contributed by atoms with E-state index >= 15 is 0 Å². The number of non-ortho nitro benzene ring substituents is 1. The molecule has 6 nitrogen and oxygen atoms in total. The Bertz CT molecular complexity index is 767. The first-order valence-corrected chi connectivity index (χ1v) is 7.01. The molecule has 0 aliphatic rings. The fourth-order valence-electron chi connectivity index (χ4n) is 2.17. The number of nitrogens with zero attached hydrogens (tertiary/aromatic N) is 1. The molecule has 23 heavy (non-hydrogen) atoms. The van der Waals surface area contributed by atoms with Crippen molar-refractivity contribution in [3.05, 3.63) is 69.3 Å². The van der Waals surface area contributed by atoms with Crippen LogP contribution in [-0.2, 0) is 4.79 Å². The SMILES string of the molecule is Cc1ccc(NC(=O)CC(=O)c2ccc([N+](=O)[O-])cc2)c(C)c1. The second-order valence-electron chi connectivity index (χ2n) is 5.27. The van der Waals surface area contributed by atoms with Gasteiger partial charge < -0.3 is 5.32 Å². The predicted octanol–water partition coefficient (Wildman–Crippen LogP) is 3.42. The molecule has 0 aliphatic heterocycles. The maximum atomic E-state index is 12.0. The van der Waals surface area contributed by atoms with Gasteiger partial charge in [-0.05, 0) is 37.6 Å². The number of amides is 1. The van der Waals surface area contributed by atoms with Crippen molar-refractivity contribution in [2.24, 2.45) is 0 Å². The lowest BCUT2D eigenvalue weighted by molar-refractivity contribution is -0.384. The first-order chi connectivity index (χ1) is 10.9. The van der Waals surface area contributed by atoms with E-state index < -0.39 is 10.8 Å². The molecule has 0 fully saturated rings. The zero-order valence-corrected chi connectivity index (χ0v) is 12.8. The lowest BCUT2D eigenvalue weighted by atomic mass is 10.1. The highest BCUT2D eigenvalue weighted by Crippen LogP contribution is 2.17. The summed E-state index contributed by atoms with van der Waals surface area (Å²) >= 11 is 0. The van der Waals surface area contributed by atoms with Crippen molar-refractivity contribution in [3.8, 4) is 0 Å². The average Bonchev–Trinajstić information content (AvgIpc) is 2.50. The lowest BCUT2D eigenvalue weighted by Gasteiger charge is -2.08. The summed E-state index contributed by atoms with van der Waals surface area (Å²) in [4.78, 5) is 34.0. The number of aryl methyl sites for hydroxylation is 2. The normalized spacial score (nSPS) is 10.2. The smallest absolute Gasteiger partial charge is 0.269 e. The summed E-state index contributed by atoms with van der Waals surface area (Å²) in [5.74, 6) is -0.803. The number of ketones is 1. The molecule has 0 aliphatic carbocycles. The standard InChI is InChI=1S/C17H16N2O4/c1-11-3-8-15(12(2)9-11)18-17(21)10-16(20)13-4-6-14(7-5-13)19(22)23/h3-9H,10H2,1-2H3,(H,18,21). The molecule has 2 rings (SSSR count). The number of anilines is 1. The van der Waals surface area contributed by atoms with Crippen molar-refractivity contribution >= 4 is 23.1 Å². The van der Waals surface area contributed by atoms with Crippen molar-refractivity contribution in [3.63, 3.8) is 0 Å². The fraction of sp³-hybridized carbons (Fsp3) is 0.176. The monoisotopic (exact) mass is 312 g/mol. The van der Waals surface area contributed by atoms with Crippen LogP contribution in [0.15, 0.2) is 42.5 Å². The molecule has 0 saturated carbocycles. The Morgan fingerprint density at radius 2 is 1.74 bits per heavy atom. The van der Waals surface area contributed by atoms with E-state index in [0.29, 0.717) is 5.69 Å². The Hall–Kier alpha value is -3.02. The van der Waals surface area contributed by atoms with E-state index in [1.54, 1.807) is 6.07 Å². The van der Waals surface area contributed by atoms with E-state index in [2.05, 4.69) is 5.32 Å². The minimum absolute atomic E-state index is 0.0960. The summed E-state index contributed by atoms with van der Waals surface area (Å²) in [5.41, 5.74) is 2.84. The van der Waals surface area contributed by atoms with Gasteiger partial charge in [0.15, 0.2) is 5.78 Å². The van der Waals surface area contributed by atoms with E-state index in [9.17, 15) is 19.7 Å². The van der Waals surface area contributed by atoms with Gasteiger partial charge in [0.25, 0.3) is 5.69 Å². The summed E-state index contributed by atoms with van der Waals surface area (Å²) in [7, 11) is 0. The maximum absolute atomic E-state index is 12.0. The van der Waals surface area contributed by atoms with Crippen LogP contribution in [0.1, 0.15) is 27.9 Å². The third kappa shape index (κ3) is 4.23. The molecule has 0 aromatic heterocycles. The number of nitro benzene ring substituents is 1. The minimum Gasteiger partial charge on any atom is -0.325 e. The second kappa shape index (κ2) is 6.83. The number of nitro groups is 1. The van der Waals surface area contributed by atoms with Crippen molar-refractivity contribution in [1.29, 1.82) is 0 Å². The van der Waals surface area contributed by atoms with Crippen molar-refractivity contribution in [2.75, 3.05) is 5.32 Å². The van der Waals surface area contributed by atoms with Gasteiger partial charge in [0.1, 0.15) is 0 Å². The first kappa shape index (κ1) is 16.4. The largest absolute Gasteiger partial charge is 0.325 e. The van der Waals surface area contributed by atoms with Gasteiger partial charge in [-0.2, -0.15) is 0 Å². The highest BCUT2D eigenvalue weighted by molar-refractivity contribution is 6.11. The third-order valence-electron chi connectivity index (χ3n) is 3.38. The predicted molar refractivity (Wildman–Crippen MR) is 86.6 cm³/mol. The Morgan fingerprint density at radius 1 is 1.09 bits per heavy atom. The molecule has 0 radical (unpaired) electrons. The second-order valence-corrected chi connectivity index (χ2v) is 5.27. The number of Topliss-reactive ketones (excluding diaryl/α,β-unsaturated/α-hetero) is 1. The maximum Gasteiger partial charge on any atom is 0.269 e. The molecular formula is C17H16N2O4. The quantitative estimate of drug-likeness (QED) is 0.396. The molecule has 2 aromatic rings. The van der Waals surface area contributed by atoms with Gasteiger partial charge in [0.2, 0.25) is 5.91 Å². The van der Waals surface area contributed by atoms with E-state index in [1.807, 2.05) is 26.0 Å². The molecule has 1 amide bonds. The zero-order valence-electron chi connectivity index (χ0n) is 12.8. The average molecular weight is 312 g/mol. The molecule has 1 N–H and O–H groups in total. The lowest BCUT2D eigenvalue weighted by Crippen LogP contribution is -2.17. The van der Waals surface area contributed by atoms with Crippen molar-refractivity contribution in [2.45, 2.75) is 20.3 Å². The number of rotatable bonds is 5. The van der Waals surface area contributed by atoms with Gasteiger partial charge in [-0.1, -0.05) is 17.7 Å². The van der Waals surface area contributed by atoms with Crippen LogP contribution in [0, 0.1) is 24.0 Å². The van der Waals surface area contributed by atoms with Gasteiger partial charge in [0, 0.05) is 23.4 Å². The topological polar surface area (TPSA) is 89.3 Å². The van der Waals surface area contributed by atoms with Crippen molar-refractivity contribution < 1.29 is 14.5 Å². The van der Waals surface area contributed by atoms with Crippen LogP contribution >= 0.6 is 0 Å². The van der Waals surface area contributed by atoms with E-state index in [4.69, 9.17) is 0 Å². The molecule has 0 heterocycles. The van der Waals surface area contributed by atoms with E-state index in [-0.39, 0.29) is 23.5 Å². The Labute approximate surface area is 133 Å². The highest BCUT2D eigenvalue weighted by Gasteiger charge is 2.14.